The number of hydrogen-bond acceptors (Lipinski definition) is 3. The van der Waals surface area contributed by atoms with Gasteiger partial charge in [0, 0.05) is 29.7 Å². The number of nitrogens with zero attached hydrogens (tertiary/aromatic N) is 1. The summed E-state index contributed by atoms with van der Waals surface area (Å²) in [5.41, 5.74) is 5.65. The van der Waals surface area contributed by atoms with Gasteiger partial charge in [0.2, 0.25) is 5.91 Å². The molecule has 1 fully saturated rings. The molecular formula is C17H23ClN2O2. The molecule has 0 saturated carbocycles. The van der Waals surface area contributed by atoms with Crippen LogP contribution in [0.1, 0.15) is 38.3 Å². The van der Waals surface area contributed by atoms with Crippen LogP contribution >= 0.6 is 11.6 Å². The maximum atomic E-state index is 11.5. The van der Waals surface area contributed by atoms with E-state index in [0.29, 0.717) is 31.5 Å². The van der Waals surface area contributed by atoms with Crippen LogP contribution < -0.4 is 5.73 Å². The van der Waals surface area contributed by atoms with Gasteiger partial charge in [-0.1, -0.05) is 35.9 Å². The van der Waals surface area contributed by atoms with E-state index in [1.165, 1.54) is 0 Å². The molecule has 120 valence electrons. The van der Waals surface area contributed by atoms with E-state index in [9.17, 15) is 9.90 Å². The van der Waals surface area contributed by atoms with Crippen molar-refractivity contribution >= 4 is 17.5 Å². The molecule has 0 aromatic heterocycles. The number of benzene rings is 1. The van der Waals surface area contributed by atoms with Crippen LogP contribution in [0.4, 0.5) is 0 Å². The van der Waals surface area contributed by atoms with Gasteiger partial charge in [0.15, 0.2) is 0 Å². The Balaban J connectivity index is 2.09. The highest BCUT2D eigenvalue weighted by Crippen LogP contribution is 2.34. The number of carbonyl (C=O) groups excluding carboxylic acids is 1. The maximum absolute atomic E-state index is 11.5. The summed E-state index contributed by atoms with van der Waals surface area (Å²) in [7, 11) is 0. The number of piperidine rings is 1. The molecule has 3 N–H and O–H groups in total. The van der Waals surface area contributed by atoms with E-state index in [0.717, 1.165) is 10.6 Å². The third-order valence-electron chi connectivity index (χ3n) is 4.58. The first-order chi connectivity index (χ1) is 10.4. The van der Waals surface area contributed by atoms with E-state index in [-0.39, 0.29) is 6.04 Å². The SMILES string of the molecule is CC=C(C(N)=O)C1(O)CCN(C(C)c2ccccc2Cl)CC1. The molecule has 1 aromatic carbocycles. The molecule has 1 aromatic rings. The lowest BCUT2D eigenvalue weighted by atomic mass is 9.82. The minimum atomic E-state index is -1.11. The van der Waals surface area contributed by atoms with Crippen molar-refractivity contribution in [3.05, 3.63) is 46.5 Å². The lowest BCUT2D eigenvalue weighted by molar-refractivity contribution is -0.117. The summed E-state index contributed by atoms with van der Waals surface area (Å²) in [5, 5.41) is 11.5. The van der Waals surface area contributed by atoms with Crippen LogP contribution in [0.5, 0.6) is 0 Å². The molecular weight excluding hydrogens is 300 g/mol. The Hall–Kier alpha value is -1.36. The first-order valence-corrected chi connectivity index (χ1v) is 7.94. The Morgan fingerprint density at radius 2 is 2.00 bits per heavy atom. The van der Waals surface area contributed by atoms with Crippen LogP contribution in [0.25, 0.3) is 0 Å². The van der Waals surface area contributed by atoms with Crippen LogP contribution in [0.3, 0.4) is 0 Å². The zero-order valence-electron chi connectivity index (χ0n) is 13.1. The number of rotatable bonds is 4. The molecule has 1 aliphatic heterocycles. The summed E-state index contributed by atoms with van der Waals surface area (Å²) in [5.74, 6) is -0.544. The van der Waals surface area contributed by atoms with Gasteiger partial charge in [-0.3, -0.25) is 9.69 Å². The third kappa shape index (κ3) is 3.35. The summed E-state index contributed by atoms with van der Waals surface area (Å²) >= 11 is 6.26. The third-order valence-corrected chi connectivity index (χ3v) is 4.93. The molecule has 1 amide bonds. The standard InChI is InChI=1S/C17H23ClN2O2/c1-3-14(16(19)21)17(22)8-10-20(11-9-17)12(2)13-6-4-5-7-15(13)18/h3-7,12,22H,8-11H2,1-2H3,(H2,19,21). The predicted molar refractivity (Wildman–Crippen MR) is 88.6 cm³/mol. The van der Waals surface area contributed by atoms with Crippen molar-refractivity contribution < 1.29 is 9.90 Å². The smallest absolute Gasteiger partial charge is 0.247 e. The number of halogens is 1. The van der Waals surface area contributed by atoms with E-state index in [4.69, 9.17) is 17.3 Å². The molecule has 4 nitrogen and oxygen atoms in total. The van der Waals surface area contributed by atoms with Gasteiger partial charge < -0.3 is 10.8 Å². The number of hydrogen-bond donors (Lipinski definition) is 2. The van der Waals surface area contributed by atoms with Crippen LogP contribution in [0.2, 0.25) is 5.02 Å². The summed E-state index contributed by atoms with van der Waals surface area (Å²) in [6, 6.07) is 7.97. The van der Waals surface area contributed by atoms with Crippen molar-refractivity contribution in [2.24, 2.45) is 5.73 Å². The summed E-state index contributed by atoms with van der Waals surface area (Å²) in [6.45, 7) is 5.22. The molecule has 1 aliphatic rings. The minimum Gasteiger partial charge on any atom is -0.385 e. The molecule has 0 bridgehead atoms. The minimum absolute atomic E-state index is 0.167. The highest BCUT2D eigenvalue weighted by molar-refractivity contribution is 6.31. The highest BCUT2D eigenvalue weighted by atomic mass is 35.5. The highest BCUT2D eigenvalue weighted by Gasteiger charge is 2.39. The Kier molecular flexibility index (Phi) is 5.27. The van der Waals surface area contributed by atoms with Crippen LogP contribution in [-0.4, -0.2) is 34.6 Å². The number of likely N-dealkylation sites (tertiary alicyclic amines) is 1. The first-order valence-electron chi connectivity index (χ1n) is 7.56. The van der Waals surface area contributed by atoms with Gasteiger partial charge in [-0.25, -0.2) is 0 Å². The average Bonchev–Trinajstić information content (AvgIpc) is 2.48. The molecule has 2 rings (SSSR count). The predicted octanol–water partition coefficient (Wildman–Crippen LogP) is 2.66. The molecule has 1 unspecified atom stereocenters. The first kappa shape index (κ1) is 17.0. The fraction of sp³-hybridized carbons (Fsp3) is 0.471. The van der Waals surface area contributed by atoms with Crippen molar-refractivity contribution in [3.8, 4) is 0 Å². The second-order valence-electron chi connectivity index (χ2n) is 5.83. The van der Waals surface area contributed by atoms with Gasteiger partial charge >= 0.3 is 0 Å². The number of amides is 1. The van der Waals surface area contributed by atoms with E-state index < -0.39 is 11.5 Å². The van der Waals surface area contributed by atoms with Gasteiger partial charge in [-0.15, -0.1) is 0 Å². The van der Waals surface area contributed by atoms with Gasteiger partial charge in [0.1, 0.15) is 0 Å². The molecule has 1 heterocycles. The van der Waals surface area contributed by atoms with Gasteiger partial charge in [0.05, 0.1) is 5.60 Å². The van der Waals surface area contributed by atoms with Crippen molar-refractivity contribution in [1.29, 1.82) is 0 Å². The zero-order valence-corrected chi connectivity index (χ0v) is 13.8. The summed E-state index contributed by atoms with van der Waals surface area (Å²) in [6.07, 6.45) is 2.60. The molecule has 1 saturated heterocycles. The number of allylic oxidation sites excluding steroid dienone is 1. The van der Waals surface area contributed by atoms with Crippen molar-refractivity contribution in [2.75, 3.05) is 13.1 Å². The van der Waals surface area contributed by atoms with Gasteiger partial charge in [-0.2, -0.15) is 0 Å². The molecule has 1 atom stereocenters. The fourth-order valence-corrected chi connectivity index (χ4v) is 3.50. The summed E-state index contributed by atoms with van der Waals surface area (Å²) in [4.78, 5) is 13.7. The van der Waals surface area contributed by atoms with E-state index in [1.807, 2.05) is 24.3 Å². The van der Waals surface area contributed by atoms with Crippen LogP contribution in [-0.2, 0) is 4.79 Å². The van der Waals surface area contributed by atoms with Crippen molar-refractivity contribution in [2.45, 2.75) is 38.3 Å². The largest absolute Gasteiger partial charge is 0.385 e. The Morgan fingerprint density at radius 3 is 2.50 bits per heavy atom. The van der Waals surface area contributed by atoms with Crippen LogP contribution in [0.15, 0.2) is 35.9 Å². The molecule has 22 heavy (non-hydrogen) atoms. The Bertz CT molecular complexity index is 578. The Morgan fingerprint density at radius 1 is 1.41 bits per heavy atom. The normalized spacial score (nSPS) is 20.6. The number of primary amides is 1. The van der Waals surface area contributed by atoms with E-state index in [2.05, 4.69) is 11.8 Å². The molecule has 0 spiro atoms. The average molecular weight is 323 g/mol. The fourth-order valence-electron chi connectivity index (χ4n) is 3.20. The summed E-state index contributed by atoms with van der Waals surface area (Å²) < 4.78 is 0. The molecule has 0 aliphatic carbocycles. The van der Waals surface area contributed by atoms with Crippen LogP contribution in [0, 0.1) is 0 Å². The van der Waals surface area contributed by atoms with Gasteiger partial charge in [-0.05, 0) is 38.3 Å². The van der Waals surface area contributed by atoms with E-state index in [1.54, 1.807) is 13.0 Å². The topological polar surface area (TPSA) is 66.6 Å². The van der Waals surface area contributed by atoms with E-state index >= 15 is 0 Å². The molecule has 5 heteroatoms. The quantitative estimate of drug-likeness (QED) is 0.837. The second kappa shape index (κ2) is 6.82. The van der Waals surface area contributed by atoms with Crippen molar-refractivity contribution in [1.82, 2.24) is 4.90 Å². The monoisotopic (exact) mass is 322 g/mol. The maximum Gasteiger partial charge on any atom is 0.247 e. The lowest BCUT2D eigenvalue weighted by Crippen LogP contribution is -2.48. The number of nitrogens with two attached hydrogens (primary N) is 1. The lowest BCUT2D eigenvalue weighted by Gasteiger charge is -2.41. The second-order valence-corrected chi connectivity index (χ2v) is 6.24. The van der Waals surface area contributed by atoms with Crippen molar-refractivity contribution in [3.63, 3.8) is 0 Å². The Labute approximate surface area is 136 Å². The molecule has 0 radical (unpaired) electrons. The number of carbonyl (C=O) groups is 1. The number of aliphatic hydroxyl groups is 1. The van der Waals surface area contributed by atoms with Gasteiger partial charge in [0.25, 0.3) is 0 Å². The zero-order chi connectivity index (χ0) is 16.3.